The summed E-state index contributed by atoms with van der Waals surface area (Å²) in [6.45, 7) is 1.79. The Kier molecular flexibility index (Phi) is 2.72. The number of aromatic nitrogens is 2. The van der Waals surface area contributed by atoms with E-state index in [-0.39, 0.29) is 0 Å². The van der Waals surface area contributed by atoms with Crippen LogP contribution in [-0.4, -0.2) is 29.2 Å². The van der Waals surface area contributed by atoms with E-state index in [0.29, 0.717) is 18.5 Å². The molecule has 1 fully saturated rings. The van der Waals surface area contributed by atoms with Gasteiger partial charge in [-0.25, -0.2) is 9.97 Å². The first kappa shape index (κ1) is 8.44. The van der Waals surface area contributed by atoms with Gasteiger partial charge in [-0.05, 0) is 19.4 Å². The van der Waals surface area contributed by atoms with Crippen molar-refractivity contribution in [2.75, 3.05) is 13.2 Å². The standard InChI is InChI=1S/C9H12N3O/c1-2-8(11-4-1)6-13-9-3-5-10-7-12-9/h3,7-8,11H,1-2,4,6H2. The number of ether oxygens (including phenoxy) is 1. The van der Waals surface area contributed by atoms with Gasteiger partial charge in [0.2, 0.25) is 5.88 Å². The Balaban J connectivity index is 1.79. The fourth-order valence-corrected chi connectivity index (χ4v) is 1.41. The monoisotopic (exact) mass is 178 g/mol. The van der Waals surface area contributed by atoms with Crippen LogP contribution in [-0.2, 0) is 0 Å². The zero-order valence-electron chi connectivity index (χ0n) is 7.36. The van der Waals surface area contributed by atoms with Gasteiger partial charge >= 0.3 is 0 Å². The molecule has 4 heteroatoms. The molecule has 1 unspecified atom stereocenters. The highest BCUT2D eigenvalue weighted by molar-refractivity contribution is 5.03. The summed E-state index contributed by atoms with van der Waals surface area (Å²) in [6.07, 6.45) is 6.55. The van der Waals surface area contributed by atoms with E-state index in [4.69, 9.17) is 4.74 Å². The quantitative estimate of drug-likeness (QED) is 0.728. The van der Waals surface area contributed by atoms with E-state index < -0.39 is 0 Å². The maximum Gasteiger partial charge on any atom is 0.217 e. The molecule has 0 aromatic carbocycles. The van der Waals surface area contributed by atoms with Gasteiger partial charge in [0.1, 0.15) is 12.9 Å². The summed E-state index contributed by atoms with van der Waals surface area (Å²) in [5, 5.41) is 3.35. The fraction of sp³-hybridized carbons (Fsp3) is 0.556. The van der Waals surface area contributed by atoms with Crippen molar-refractivity contribution >= 4 is 0 Å². The molecule has 69 valence electrons. The van der Waals surface area contributed by atoms with Crippen LogP contribution in [0.15, 0.2) is 12.4 Å². The molecular formula is C9H12N3O. The SMILES string of the molecule is [c]1cc(OCC2CCCN2)ncn1. The predicted octanol–water partition coefficient (Wildman–Crippen LogP) is 0.408. The third-order valence-corrected chi connectivity index (χ3v) is 2.10. The van der Waals surface area contributed by atoms with E-state index >= 15 is 0 Å². The molecular weight excluding hydrogens is 166 g/mol. The van der Waals surface area contributed by atoms with Crippen molar-refractivity contribution < 1.29 is 4.74 Å². The molecule has 1 N–H and O–H groups in total. The lowest BCUT2D eigenvalue weighted by atomic mass is 10.2. The Hall–Kier alpha value is -1.16. The van der Waals surface area contributed by atoms with Crippen LogP contribution in [0.2, 0.25) is 0 Å². The van der Waals surface area contributed by atoms with E-state index in [1.54, 1.807) is 6.07 Å². The summed E-state index contributed by atoms with van der Waals surface area (Å²) < 4.78 is 5.45. The summed E-state index contributed by atoms with van der Waals surface area (Å²) in [6, 6.07) is 2.13. The molecule has 4 nitrogen and oxygen atoms in total. The molecule has 0 amide bonds. The Labute approximate surface area is 77.4 Å². The minimum atomic E-state index is 0.481. The largest absolute Gasteiger partial charge is 0.476 e. The maximum absolute atomic E-state index is 5.45. The lowest BCUT2D eigenvalue weighted by molar-refractivity contribution is 0.267. The van der Waals surface area contributed by atoms with Gasteiger partial charge in [0.25, 0.3) is 0 Å². The van der Waals surface area contributed by atoms with Crippen molar-refractivity contribution in [1.82, 2.24) is 15.3 Å². The zero-order valence-corrected chi connectivity index (χ0v) is 7.36. The van der Waals surface area contributed by atoms with Crippen molar-refractivity contribution in [3.63, 3.8) is 0 Å². The number of hydrogen-bond acceptors (Lipinski definition) is 4. The Bertz CT molecular complexity index is 246. The predicted molar refractivity (Wildman–Crippen MR) is 47.4 cm³/mol. The molecule has 2 rings (SSSR count). The Morgan fingerprint density at radius 1 is 1.69 bits per heavy atom. The van der Waals surface area contributed by atoms with Crippen LogP contribution in [0.3, 0.4) is 0 Å². The van der Waals surface area contributed by atoms with Crippen LogP contribution in [0.5, 0.6) is 5.88 Å². The lowest BCUT2D eigenvalue weighted by Gasteiger charge is -2.10. The van der Waals surface area contributed by atoms with Gasteiger partial charge in [-0.1, -0.05) is 0 Å². The van der Waals surface area contributed by atoms with Crippen LogP contribution < -0.4 is 10.1 Å². The smallest absolute Gasteiger partial charge is 0.217 e. The molecule has 0 aliphatic carbocycles. The molecule has 1 saturated heterocycles. The molecule has 13 heavy (non-hydrogen) atoms. The number of rotatable bonds is 3. The van der Waals surface area contributed by atoms with Gasteiger partial charge in [0.05, 0.1) is 6.20 Å². The summed E-state index contributed by atoms with van der Waals surface area (Å²) >= 11 is 0. The molecule has 1 aromatic heterocycles. The lowest BCUT2D eigenvalue weighted by Crippen LogP contribution is -2.28. The van der Waals surface area contributed by atoms with Gasteiger partial charge in [0.15, 0.2) is 0 Å². The van der Waals surface area contributed by atoms with E-state index in [1.807, 2.05) is 0 Å². The van der Waals surface area contributed by atoms with Gasteiger partial charge in [-0.2, -0.15) is 0 Å². The van der Waals surface area contributed by atoms with Gasteiger partial charge in [-0.3, -0.25) is 0 Å². The minimum absolute atomic E-state index is 0.481. The summed E-state index contributed by atoms with van der Waals surface area (Å²) in [7, 11) is 0. The molecule has 2 heterocycles. The van der Waals surface area contributed by atoms with Gasteiger partial charge in [-0.15, -0.1) is 0 Å². The fourth-order valence-electron chi connectivity index (χ4n) is 1.41. The molecule has 0 bridgehead atoms. The molecule has 1 aliphatic rings. The minimum Gasteiger partial charge on any atom is -0.476 e. The molecule has 1 radical (unpaired) electrons. The second-order valence-corrected chi connectivity index (χ2v) is 3.09. The average Bonchev–Trinajstić information content (AvgIpc) is 2.69. The highest BCUT2D eigenvalue weighted by Gasteiger charge is 2.14. The van der Waals surface area contributed by atoms with E-state index in [2.05, 4.69) is 21.5 Å². The first-order chi connectivity index (χ1) is 6.45. The van der Waals surface area contributed by atoms with Crippen LogP contribution >= 0.6 is 0 Å². The van der Waals surface area contributed by atoms with Crippen LogP contribution in [0, 0.1) is 6.20 Å². The molecule has 1 aliphatic heterocycles. The van der Waals surface area contributed by atoms with Crippen molar-refractivity contribution in [3.8, 4) is 5.88 Å². The van der Waals surface area contributed by atoms with Crippen molar-refractivity contribution in [3.05, 3.63) is 18.6 Å². The zero-order chi connectivity index (χ0) is 8.93. The van der Waals surface area contributed by atoms with E-state index in [0.717, 1.165) is 6.54 Å². The molecule has 0 spiro atoms. The second-order valence-electron chi connectivity index (χ2n) is 3.09. The van der Waals surface area contributed by atoms with Crippen molar-refractivity contribution in [2.24, 2.45) is 0 Å². The first-order valence-corrected chi connectivity index (χ1v) is 4.49. The molecule has 0 saturated carbocycles. The first-order valence-electron chi connectivity index (χ1n) is 4.49. The number of nitrogens with zero attached hydrogens (tertiary/aromatic N) is 2. The third kappa shape index (κ3) is 2.39. The van der Waals surface area contributed by atoms with Gasteiger partial charge < -0.3 is 10.1 Å². The third-order valence-electron chi connectivity index (χ3n) is 2.10. The van der Waals surface area contributed by atoms with Crippen molar-refractivity contribution in [2.45, 2.75) is 18.9 Å². The topological polar surface area (TPSA) is 47.0 Å². The normalized spacial score (nSPS) is 21.7. The molecule has 1 aromatic rings. The second kappa shape index (κ2) is 4.18. The van der Waals surface area contributed by atoms with Crippen LogP contribution in [0.25, 0.3) is 0 Å². The van der Waals surface area contributed by atoms with Crippen LogP contribution in [0.1, 0.15) is 12.8 Å². The maximum atomic E-state index is 5.45. The highest BCUT2D eigenvalue weighted by Crippen LogP contribution is 2.07. The summed E-state index contributed by atoms with van der Waals surface area (Å²) in [5.74, 6) is 0.601. The van der Waals surface area contributed by atoms with Gasteiger partial charge in [0, 0.05) is 12.1 Å². The average molecular weight is 178 g/mol. The Morgan fingerprint density at radius 2 is 2.69 bits per heavy atom. The number of hydrogen-bond donors (Lipinski definition) is 1. The summed E-state index contributed by atoms with van der Waals surface area (Å²) in [5.41, 5.74) is 0. The van der Waals surface area contributed by atoms with Crippen molar-refractivity contribution in [1.29, 1.82) is 0 Å². The van der Waals surface area contributed by atoms with E-state index in [1.165, 1.54) is 19.2 Å². The highest BCUT2D eigenvalue weighted by atomic mass is 16.5. The van der Waals surface area contributed by atoms with E-state index in [9.17, 15) is 0 Å². The molecule has 1 atom stereocenters. The summed E-state index contributed by atoms with van der Waals surface area (Å²) in [4.78, 5) is 7.64. The Morgan fingerprint density at radius 3 is 3.38 bits per heavy atom. The number of nitrogens with one attached hydrogen (secondary N) is 1. The van der Waals surface area contributed by atoms with Crippen LogP contribution in [0.4, 0.5) is 0 Å².